The Morgan fingerprint density at radius 1 is 1.33 bits per heavy atom. The first kappa shape index (κ1) is 13.1. The van der Waals surface area contributed by atoms with Gasteiger partial charge in [-0.1, -0.05) is 22.9 Å². The van der Waals surface area contributed by atoms with Crippen LogP contribution < -0.4 is 4.90 Å². The van der Waals surface area contributed by atoms with E-state index in [4.69, 9.17) is 16.7 Å². The quantitative estimate of drug-likeness (QED) is 0.884. The highest BCUT2D eigenvalue weighted by Gasteiger charge is 2.23. The number of carbonyl (C=O) groups excluding carboxylic acids is 1. The lowest BCUT2D eigenvalue weighted by molar-refractivity contribution is -0.129. The molecule has 1 amide bonds. The second-order valence-corrected chi connectivity index (χ2v) is 5.25. The highest BCUT2D eigenvalue weighted by Crippen LogP contribution is 2.30. The van der Waals surface area contributed by atoms with E-state index in [9.17, 15) is 9.59 Å². The van der Waals surface area contributed by atoms with Gasteiger partial charge in [-0.05, 0) is 0 Å². The van der Waals surface area contributed by atoms with E-state index in [-0.39, 0.29) is 15.9 Å². The van der Waals surface area contributed by atoms with Gasteiger partial charge in [-0.25, -0.2) is 9.78 Å². The summed E-state index contributed by atoms with van der Waals surface area (Å²) in [5, 5.41) is 9.53. The number of carbonyl (C=O) groups is 2. The number of rotatable bonds is 2. The highest BCUT2D eigenvalue weighted by molar-refractivity contribution is 7.18. The van der Waals surface area contributed by atoms with Crippen LogP contribution in [-0.4, -0.2) is 53.0 Å². The van der Waals surface area contributed by atoms with E-state index in [1.807, 2.05) is 4.90 Å². The summed E-state index contributed by atoms with van der Waals surface area (Å²) in [6, 6.07) is 0. The standard InChI is InChI=1S/C10H12ClN3O3S/c1-6(15)13-2-4-14(5-3-13)10-12-8(11)7(18-10)9(16)17/h2-5H2,1H3,(H,16,17). The topological polar surface area (TPSA) is 73.7 Å². The average Bonchev–Trinajstić information content (AvgIpc) is 2.71. The van der Waals surface area contributed by atoms with E-state index in [0.717, 1.165) is 11.3 Å². The predicted molar refractivity (Wildman–Crippen MR) is 68.6 cm³/mol. The molecule has 18 heavy (non-hydrogen) atoms. The van der Waals surface area contributed by atoms with Crippen molar-refractivity contribution in [2.75, 3.05) is 31.1 Å². The first-order chi connectivity index (χ1) is 8.49. The summed E-state index contributed by atoms with van der Waals surface area (Å²) in [5.41, 5.74) is 0. The van der Waals surface area contributed by atoms with Gasteiger partial charge in [0.15, 0.2) is 15.2 Å². The third-order valence-corrected chi connectivity index (χ3v) is 4.25. The molecule has 0 unspecified atom stereocenters. The molecule has 0 aromatic carbocycles. The second kappa shape index (κ2) is 5.11. The number of aromatic carboxylic acids is 1. The number of carboxylic acid groups (broad SMARTS) is 1. The number of anilines is 1. The number of halogens is 1. The maximum Gasteiger partial charge on any atom is 0.349 e. The molecule has 1 aliphatic heterocycles. The van der Waals surface area contributed by atoms with E-state index in [0.29, 0.717) is 31.3 Å². The molecule has 6 nitrogen and oxygen atoms in total. The maximum absolute atomic E-state index is 11.2. The van der Waals surface area contributed by atoms with Crippen LogP contribution in [-0.2, 0) is 4.79 Å². The fourth-order valence-corrected chi connectivity index (χ4v) is 2.95. The van der Waals surface area contributed by atoms with Crippen LogP contribution in [0.1, 0.15) is 16.6 Å². The summed E-state index contributed by atoms with van der Waals surface area (Å²) in [4.78, 5) is 29.9. The van der Waals surface area contributed by atoms with Crippen LogP contribution in [0.5, 0.6) is 0 Å². The van der Waals surface area contributed by atoms with Crippen molar-refractivity contribution in [2.45, 2.75) is 6.92 Å². The molecule has 1 N–H and O–H groups in total. The first-order valence-corrected chi connectivity index (χ1v) is 6.58. The molecule has 0 saturated carbocycles. The molecule has 0 bridgehead atoms. The lowest BCUT2D eigenvalue weighted by atomic mass is 10.3. The fraction of sp³-hybridized carbons (Fsp3) is 0.500. The number of hydrogen-bond donors (Lipinski definition) is 1. The van der Waals surface area contributed by atoms with Gasteiger partial charge in [0.2, 0.25) is 5.91 Å². The zero-order valence-corrected chi connectivity index (χ0v) is 11.3. The Balaban J connectivity index is 2.08. The van der Waals surface area contributed by atoms with Gasteiger partial charge in [0.25, 0.3) is 0 Å². The van der Waals surface area contributed by atoms with Gasteiger partial charge in [0, 0.05) is 33.1 Å². The number of amides is 1. The second-order valence-electron chi connectivity index (χ2n) is 3.91. The lowest BCUT2D eigenvalue weighted by Crippen LogP contribution is -2.48. The average molecular weight is 290 g/mol. The van der Waals surface area contributed by atoms with Gasteiger partial charge in [-0.3, -0.25) is 4.79 Å². The normalized spacial score (nSPS) is 15.9. The van der Waals surface area contributed by atoms with Crippen LogP contribution >= 0.6 is 22.9 Å². The summed E-state index contributed by atoms with van der Waals surface area (Å²) in [6.45, 7) is 4.06. The Hall–Kier alpha value is -1.34. The lowest BCUT2D eigenvalue weighted by Gasteiger charge is -2.33. The third kappa shape index (κ3) is 2.56. The maximum atomic E-state index is 11.2. The molecule has 1 aromatic heterocycles. The van der Waals surface area contributed by atoms with Crippen molar-refractivity contribution >= 4 is 39.9 Å². The summed E-state index contributed by atoms with van der Waals surface area (Å²) >= 11 is 6.83. The SMILES string of the molecule is CC(=O)N1CCN(c2nc(Cl)c(C(=O)O)s2)CC1. The fourth-order valence-electron chi connectivity index (χ4n) is 1.77. The van der Waals surface area contributed by atoms with Crippen molar-refractivity contribution in [3.05, 3.63) is 10.0 Å². The van der Waals surface area contributed by atoms with Gasteiger partial charge in [0.1, 0.15) is 0 Å². The van der Waals surface area contributed by atoms with Crippen LogP contribution in [0.15, 0.2) is 0 Å². The summed E-state index contributed by atoms with van der Waals surface area (Å²) in [7, 11) is 0. The van der Waals surface area contributed by atoms with Crippen molar-refractivity contribution < 1.29 is 14.7 Å². The molecular weight excluding hydrogens is 278 g/mol. The largest absolute Gasteiger partial charge is 0.477 e. The Bertz CT molecular complexity index is 483. The zero-order chi connectivity index (χ0) is 13.3. The van der Waals surface area contributed by atoms with Crippen LogP contribution in [0.4, 0.5) is 5.13 Å². The minimum atomic E-state index is -1.06. The van der Waals surface area contributed by atoms with Crippen LogP contribution in [0.3, 0.4) is 0 Å². The van der Waals surface area contributed by atoms with E-state index in [2.05, 4.69) is 4.98 Å². The summed E-state index contributed by atoms with van der Waals surface area (Å²) in [5.74, 6) is -1.01. The molecule has 1 aromatic rings. The van der Waals surface area contributed by atoms with E-state index >= 15 is 0 Å². The molecule has 0 aliphatic carbocycles. The number of nitrogens with zero attached hydrogens (tertiary/aromatic N) is 3. The number of piperazine rings is 1. The van der Waals surface area contributed by atoms with Gasteiger partial charge < -0.3 is 14.9 Å². The van der Waals surface area contributed by atoms with Gasteiger partial charge in [-0.2, -0.15) is 0 Å². The molecule has 98 valence electrons. The molecule has 1 saturated heterocycles. The molecule has 8 heteroatoms. The van der Waals surface area contributed by atoms with Crippen LogP contribution in [0.2, 0.25) is 5.15 Å². The molecule has 1 aliphatic rings. The number of aromatic nitrogens is 1. The molecule has 2 heterocycles. The molecule has 1 fully saturated rings. The summed E-state index contributed by atoms with van der Waals surface area (Å²) in [6.07, 6.45) is 0. The van der Waals surface area contributed by atoms with E-state index < -0.39 is 5.97 Å². The molecule has 0 atom stereocenters. The molecule has 0 radical (unpaired) electrons. The highest BCUT2D eigenvalue weighted by atomic mass is 35.5. The Labute approximate surface area is 113 Å². The van der Waals surface area contributed by atoms with Crippen LogP contribution in [0, 0.1) is 0 Å². The van der Waals surface area contributed by atoms with E-state index in [1.54, 1.807) is 11.8 Å². The van der Waals surface area contributed by atoms with Crippen LogP contribution in [0.25, 0.3) is 0 Å². The number of carboxylic acids is 1. The van der Waals surface area contributed by atoms with Gasteiger partial charge >= 0.3 is 5.97 Å². The van der Waals surface area contributed by atoms with Gasteiger partial charge in [-0.15, -0.1) is 0 Å². The molecule has 0 spiro atoms. The van der Waals surface area contributed by atoms with Crippen molar-refractivity contribution in [1.82, 2.24) is 9.88 Å². The molecular formula is C10H12ClN3O3S. The number of thiazole rings is 1. The molecule has 2 rings (SSSR count). The first-order valence-electron chi connectivity index (χ1n) is 5.39. The van der Waals surface area contributed by atoms with Crippen molar-refractivity contribution in [1.29, 1.82) is 0 Å². The number of hydrogen-bond acceptors (Lipinski definition) is 5. The van der Waals surface area contributed by atoms with Crippen molar-refractivity contribution in [3.63, 3.8) is 0 Å². The smallest absolute Gasteiger partial charge is 0.349 e. The van der Waals surface area contributed by atoms with Crippen molar-refractivity contribution in [2.24, 2.45) is 0 Å². The minimum absolute atomic E-state index is 0.0245. The third-order valence-electron chi connectivity index (χ3n) is 2.76. The zero-order valence-electron chi connectivity index (χ0n) is 9.72. The van der Waals surface area contributed by atoms with E-state index in [1.165, 1.54) is 0 Å². The monoisotopic (exact) mass is 289 g/mol. The minimum Gasteiger partial charge on any atom is -0.477 e. The Morgan fingerprint density at radius 3 is 2.39 bits per heavy atom. The Kier molecular flexibility index (Phi) is 3.72. The predicted octanol–water partition coefficient (Wildman–Crippen LogP) is 1.16. The summed E-state index contributed by atoms with van der Waals surface area (Å²) < 4.78 is 0. The Morgan fingerprint density at radius 2 is 1.94 bits per heavy atom. The van der Waals surface area contributed by atoms with Gasteiger partial charge in [0.05, 0.1) is 0 Å². The van der Waals surface area contributed by atoms with Crippen molar-refractivity contribution in [3.8, 4) is 0 Å².